The number of hydrogen-bond acceptors (Lipinski definition) is 2. The van der Waals surface area contributed by atoms with Crippen molar-refractivity contribution < 1.29 is 0 Å². The number of benzene rings is 1. The van der Waals surface area contributed by atoms with Gasteiger partial charge in [-0.05, 0) is 65.1 Å². The molecule has 0 radical (unpaired) electrons. The summed E-state index contributed by atoms with van der Waals surface area (Å²) >= 11 is 6.02. The van der Waals surface area contributed by atoms with Crippen molar-refractivity contribution in [2.45, 2.75) is 44.6 Å². The summed E-state index contributed by atoms with van der Waals surface area (Å²) in [6.07, 6.45) is 8.00. The Morgan fingerprint density at radius 3 is 2.50 bits per heavy atom. The molecule has 0 aromatic heterocycles. The molecule has 0 spiro atoms. The quantitative estimate of drug-likeness (QED) is 0.325. The summed E-state index contributed by atoms with van der Waals surface area (Å²) in [4.78, 5) is 0. The molecule has 1 saturated carbocycles. The summed E-state index contributed by atoms with van der Waals surface area (Å²) in [6, 6.07) is 6.75. The first-order valence-corrected chi connectivity index (χ1v) is 8.50. The van der Waals surface area contributed by atoms with Crippen molar-refractivity contribution in [3.8, 4) is 0 Å². The molecule has 1 aliphatic carbocycles. The van der Waals surface area contributed by atoms with E-state index in [0.717, 1.165) is 4.47 Å². The fourth-order valence-electron chi connectivity index (χ4n) is 2.88. The van der Waals surface area contributed by atoms with E-state index in [-0.39, 0.29) is 6.04 Å². The Hall–Kier alpha value is 0.350. The van der Waals surface area contributed by atoms with Gasteiger partial charge in [0, 0.05) is 14.1 Å². The molecule has 0 heterocycles. The molecule has 1 atom stereocenters. The SMILES string of the molecule is NNC(c1cc(I)ccc1Br)C1CCCCCC1. The normalized spacial score (nSPS) is 19.5. The van der Waals surface area contributed by atoms with Crippen LogP contribution in [0.5, 0.6) is 0 Å². The van der Waals surface area contributed by atoms with Gasteiger partial charge in [-0.3, -0.25) is 11.3 Å². The van der Waals surface area contributed by atoms with Crippen LogP contribution in [-0.2, 0) is 0 Å². The zero-order valence-electron chi connectivity index (χ0n) is 10.5. The lowest BCUT2D eigenvalue weighted by molar-refractivity contribution is 0.328. The molecule has 0 saturated heterocycles. The highest BCUT2D eigenvalue weighted by Gasteiger charge is 2.24. The summed E-state index contributed by atoms with van der Waals surface area (Å²) in [6.45, 7) is 0. The molecule has 1 aliphatic rings. The Labute approximate surface area is 131 Å². The fourth-order valence-corrected chi connectivity index (χ4v) is 3.89. The van der Waals surface area contributed by atoms with Gasteiger partial charge in [0.15, 0.2) is 0 Å². The second kappa shape index (κ2) is 7.22. The zero-order valence-corrected chi connectivity index (χ0v) is 14.2. The average molecular weight is 423 g/mol. The number of hydrazine groups is 1. The van der Waals surface area contributed by atoms with Gasteiger partial charge in [-0.1, -0.05) is 41.6 Å². The van der Waals surface area contributed by atoms with Crippen LogP contribution in [0.3, 0.4) is 0 Å². The molecule has 1 aromatic carbocycles. The van der Waals surface area contributed by atoms with E-state index in [1.807, 2.05) is 0 Å². The first-order chi connectivity index (χ1) is 8.72. The molecular weight excluding hydrogens is 403 g/mol. The number of hydrogen-bond donors (Lipinski definition) is 2. The van der Waals surface area contributed by atoms with E-state index in [4.69, 9.17) is 5.84 Å². The monoisotopic (exact) mass is 422 g/mol. The Kier molecular flexibility index (Phi) is 5.92. The molecular formula is C14H20BrIN2. The predicted octanol–water partition coefficient (Wildman–Crippen LogP) is 4.53. The Morgan fingerprint density at radius 1 is 1.22 bits per heavy atom. The van der Waals surface area contributed by atoms with Gasteiger partial charge in [-0.25, -0.2) is 0 Å². The Balaban J connectivity index is 2.23. The fraction of sp³-hybridized carbons (Fsp3) is 0.571. The summed E-state index contributed by atoms with van der Waals surface area (Å²) in [5.41, 5.74) is 4.35. The third kappa shape index (κ3) is 3.68. The Bertz CT molecular complexity index is 389. The standard InChI is InChI=1S/C14H20BrIN2/c15-13-8-7-11(16)9-12(13)14(18-17)10-5-3-1-2-4-6-10/h7-10,14,18H,1-6,17H2. The molecule has 1 unspecified atom stereocenters. The second-order valence-electron chi connectivity index (χ2n) is 5.06. The van der Waals surface area contributed by atoms with Gasteiger partial charge in [-0.2, -0.15) is 0 Å². The third-order valence-corrected chi connectivity index (χ3v) is 5.24. The first kappa shape index (κ1) is 14.8. The summed E-state index contributed by atoms with van der Waals surface area (Å²) in [5, 5.41) is 0. The van der Waals surface area contributed by atoms with Crippen LogP contribution in [0.2, 0.25) is 0 Å². The maximum atomic E-state index is 5.83. The van der Waals surface area contributed by atoms with Crippen molar-refractivity contribution in [2.75, 3.05) is 0 Å². The van der Waals surface area contributed by atoms with Crippen LogP contribution in [0.15, 0.2) is 22.7 Å². The zero-order chi connectivity index (χ0) is 13.0. The van der Waals surface area contributed by atoms with Crippen LogP contribution >= 0.6 is 38.5 Å². The van der Waals surface area contributed by atoms with Gasteiger partial charge in [0.05, 0.1) is 0 Å². The topological polar surface area (TPSA) is 38.0 Å². The molecule has 4 heteroatoms. The summed E-state index contributed by atoms with van der Waals surface area (Å²) in [5.74, 6) is 6.49. The molecule has 0 amide bonds. The van der Waals surface area contributed by atoms with Crippen molar-refractivity contribution in [1.29, 1.82) is 0 Å². The first-order valence-electron chi connectivity index (χ1n) is 6.63. The van der Waals surface area contributed by atoms with Crippen LogP contribution < -0.4 is 11.3 Å². The minimum atomic E-state index is 0.271. The largest absolute Gasteiger partial charge is 0.271 e. The van der Waals surface area contributed by atoms with Crippen molar-refractivity contribution in [3.63, 3.8) is 0 Å². The van der Waals surface area contributed by atoms with Crippen LogP contribution in [0.25, 0.3) is 0 Å². The van der Waals surface area contributed by atoms with Gasteiger partial charge in [0.1, 0.15) is 0 Å². The second-order valence-corrected chi connectivity index (χ2v) is 7.16. The molecule has 2 nitrogen and oxygen atoms in total. The summed E-state index contributed by atoms with van der Waals surface area (Å²) < 4.78 is 2.43. The molecule has 2 rings (SSSR count). The molecule has 18 heavy (non-hydrogen) atoms. The molecule has 100 valence electrons. The predicted molar refractivity (Wildman–Crippen MR) is 88.1 cm³/mol. The smallest absolute Gasteiger partial charge is 0.0499 e. The average Bonchev–Trinajstić information content (AvgIpc) is 2.64. The highest BCUT2D eigenvalue weighted by Crippen LogP contribution is 2.36. The van der Waals surface area contributed by atoms with E-state index in [1.165, 1.54) is 47.7 Å². The van der Waals surface area contributed by atoms with Crippen LogP contribution in [-0.4, -0.2) is 0 Å². The van der Waals surface area contributed by atoms with E-state index >= 15 is 0 Å². The molecule has 1 aromatic rings. The number of rotatable bonds is 3. The molecule has 0 bridgehead atoms. The number of halogens is 2. The molecule has 0 aliphatic heterocycles. The van der Waals surface area contributed by atoms with Crippen molar-refractivity contribution in [2.24, 2.45) is 11.8 Å². The number of nitrogens with one attached hydrogen (secondary N) is 1. The lowest BCUT2D eigenvalue weighted by Gasteiger charge is -2.27. The maximum Gasteiger partial charge on any atom is 0.0499 e. The summed E-state index contributed by atoms with van der Waals surface area (Å²) in [7, 11) is 0. The third-order valence-electron chi connectivity index (χ3n) is 3.84. The van der Waals surface area contributed by atoms with E-state index in [2.05, 4.69) is 62.1 Å². The molecule has 1 fully saturated rings. The van der Waals surface area contributed by atoms with Gasteiger partial charge in [-0.15, -0.1) is 0 Å². The number of nitrogens with two attached hydrogens (primary N) is 1. The van der Waals surface area contributed by atoms with Crippen molar-refractivity contribution in [1.82, 2.24) is 5.43 Å². The highest BCUT2D eigenvalue weighted by atomic mass is 127. The van der Waals surface area contributed by atoms with Gasteiger partial charge in [0.2, 0.25) is 0 Å². The van der Waals surface area contributed by atoms with Crippen molar-refractivity contribution >= 4 is 38.5 Å². The Morgan fingerprint density at radius 2 is 1.89 bits per heavy atom. The maximum absolute atomic E-state index is 5.83. The van der Waals surface area contributed by atoms with E-state index in [0.29, 0.717) is 5.92 Å². The van der Waals surface area contributed by atoms with Gasteiger partial charge < -0.3 is 0 Å². The van der Waals surface area contributed by atoms with Crippen molar-refractivity contribution in [3.05, 3.63) is 31.8 Å². The minimum Gasteiger partial charge on any atom is -0.271 e. The van der Waals surface area contributed by atoms with Crippen LogP contribution in [0, 0.1) is 9.49 Å². The van der Waals surface area contributed by atoms with Gasteiger partial charge in [0.25, 0.3) is 0 Å². The van der Waals surface area contributed by atoms with E-state index in [9.17, 15) is 0 Å². The van der Waals surface area contributed by atoms with E-state index in [1.54, 1.807) is 0 Å². The van der Waals surface area contributed by atoms with Gasteiger partial charge >= 0.3 is 0 Å². The van der Waals surface area contributed by atoms with E-state index < -0.39 is 0 Å². The van der Waals surface area contributed by atoms with Crippen LogP contribution in [0.1, 0.15) is 50.1 Å². The molecule has 3 N–H and O–H groups in total. The highest BCUT2D eigenvalue weighted by molar-refractivity contribution is 14.1. The van der Waals surface area contributed by atoms with Crippen LogP contribution in [0.4, 0.5) is 0 Å². The lowest BCUT2D eigenvalue weighted by Crippen LogP contribution is -2.33. The lowest BCUT2D eigenvalue weighted by atomic mass is 9.87. The minimum absolute atomic E-state index is 0.271.